The van der Waals surface area contributed by atoms with Crippen molar-refractivity contribution in [2.45, 2.75) is 33.9 Å². The summed E-state index contributed by atoms with van der Waals surface area (Å²) in [4.78, 5) is 16.8. The minimum absolute atomic E-state index is 0.172. The molecule has 4 aromatic rings. The third kappa shape index (κ3) is 4.46. The van der Waals surface area contributed by atoms with E-state index in [1.165, 1.54) is 0 Å². The van der Waals surface area contributed by atoms with Crippen molar-refractivity contribution in [3.05, 3.63) is 88.6 Å². The number of carbonyl (C=O) groups is 1. The molecular formula is C23H23N5O2. The molecule has 0 bridgehead atoms. The molecule has 0 aliphatic heterocycles. The zero-order chi connectivity index (χ0) is 21.1. The number of hydrogen-bond acceptors (Lipinski definition) is 5. The molecule has 2 heterocycles. The standard InChI is InChI=1S/C23H23N5O2/c1-15-5-4-6-20(11-15)22-25-21(30-27-22)13-24-23(29)19-9-7-18(8-10-19)14-28-17(3)12-16(2)26-28/h4-12H,13-14H2,1-3H3,(H,24,29). The minimum atomic E-state index is -0.192. The summed E-state index contributed by atoms with van der Waals surface area (Å²) in [6.45, 7) is 6.86. The van der Waals surface area contributed by atoms with Crippen LogP contribution in [0.3, 0.4) is 0 Å². The Bertz CT molecular complexity index is 1170. The van der Waals surface area contributed by atoms with E-state index >= 15 is 0 Å². The van der Waals surface area contributed by atoms with Gasteiger partial charge in [-0.05, 0) is 50.6 Å². The number of aryl methyl sites for hydroxylation is 3. The molecule has 7 heteroatoms. The van der Waals surface area contributed by atoms with Gasteiger partial charge in [-0.1, -0.05) is 41.1 Å². The van der Waals surface area contributed by atoms with Crippen LogP contribution < -0.4 is 5.32 Å². The third-order valence-electron chi connectivity index (χ3n) is 4.80. The molecule has 152 valence electrons. The second-order valence-electron chi connectivity index (χ2n) is 7.35. The Morgan fingerprint density at radius 2 is 1.87 bits per heavy atom. The molecule has 1 N–H and O–H groups in total. The number of carbonyl (C=O) groups excluding carboxylic acids is 1. The van der Waals surface area contributed by atoms with Gasteiger partial charge in [0.05, 0.1) is 18.8 Å². The van der Waals surface area contributed by atoms with Crippen molar-refractivity contribution in [2.24, 2.45) is 0 Å². The first kappa shape index (κ1) is 19.6. The largest absolute Gasteiger partial charge is 0.343 e. The molecule has 0 radical (unpaired) electrons. The molecule has 4 rings (SSSR count). The average Bonchev–Trinajstić information content (AvgIpc) is 3.33. The van der Waals surface area contributed by atoms with E-state index < -0.39 is 0 Å². The van der Waals surface area contributed by atoms with E-state index in [0.29, 0.717) is 23.8 Å². The van der Waals surface area contributed by atoms with Crippen molar-refractivity contribution < 1.29 is 9.32 Å². The molecule has 0 fully saturated rings. The Morgan fingerprint density at radius 1 is 1.07 bits per heavy atom. The van der Waals surface area contributed by atoms with Crippen LogP contribution in [0.2, 0.25) is 0 Å². The number of aromatic nitrogens is 4. The first-order chi connectivity index (χ1) is 14.5. The summed E-state index contributed by atoms with van der Waals surface area (Å²) < 4.78 is 7.21. The highest BCUT2D eigenvalue weighted by molar-refractivity contribution is 5.94. The Hall–Kier alpha value is -3.74. The topological polar surface area (TPSA) is 85.8 Å². The van der Waals surface area contributed by atoms with Gasteiger partial charge in [0.25, 0.3) is 5.91 Å². The molecule has 2 aromatic heterocycles. The summed E-state index contributed by atoms with van der Waals surface area (Å²) in [6, 6.07) is 17.4. The van der Waals surface area contributed by atoms with E-state index in [4.69, 9.17) is 4.52 Å². The molecule has 0 saturated carbocycles. The highest BCUT2D eigenvalue weighted by atomic mass is 16.5. The molecule has 0 aliphatic carbocycles. The third-order valence-corrected chi connectivity index (χ3v) is 4.80. The van der Waals surface area contributed by atoms with Gasteiger partial charge in [0.1, 0.15) is 0 Å². The van der Waals surface area contributed by atoms with Crippen LogP contribution in [-0.4, -0.2) is 25.8 Å². The maximum absolute atomic E-state index is 12.4. The van der Waals surface area contributed by atoms with Crippen molar-refractivity contribution in [3.63, 3.8) is 0 Å². The highest BCUT2D eigenvalue weighted by Gasteiger charge is 2.11. The smallest absolute Gasteiger partial charge is 0.251 e. The van der Waals surface area contributed by atoms with Crippen LogP contribution in [0, 0.1) is 20.8 Å². The quantitative estimate of drug-likeness (QED) is 0.531. The van der Waals surface area contributed by atoms with Crippen molar-refractivity contribution in [1.82, 2.24) is 25.2 Å². The van der Waals surface area contributed by atoms with Crippen LogP contribution in [-0.2, 0) is 13.1 Å². The van der Waals surface area contributed by atoms with Crippen molar-refractivity contribution in [2.75, 3.05) is 0 Å². The maximum Gasteiger partial charge on any atom is 0.251 e. The van der Waals surface area contributed by atoms with Gasteiger partial charge in [-0.3, -0.25) is 9.48 Å². The molecule has 0 atom stereocenters. The Morgan fingerprint density at radius 3 is 2.57 bits per heavy atom. The fourth-order valence-corrected chi connectivity index (χ4v) is 3.26. The fourth-order valence-electron chi connectivity index (χ4n) is 3.26. The van der Waals surface area contributed by atoms with Gasteiger partial charge in [-0.25, -0.2) is 0 Å². The van der Waals surface area contributed by atoms with Crippen LogP contribution in [0.1, 0.15) is 38.8 Å². The second kappa shape index (κ2) is 8.32. The van der Waals surface area contributed by atoms with Gasteiger partial charge >= 0.3 is 0 Å². The Labute approximate surface area is 174 Å². The number of benzene rings is 2. The molecule has 0 aliphatic rings. The number of rotatable bonds is 6. The average molecular weight is 401 g/mol. The SMILES string of the molecule is Cc1cccc(-c2noc(CNC(=O)c3ccc(Cn4nc(C)cc4C)cc3)n2)c1. The van der Waals surface area contributed by atoms with Gasteiger partial charge < -0.3 is 9.84 Å². The molecule has 1 amide bonds. The van der Waals surface area contributed by atoms with Crippen LogP contribution in [0.25, 0.3) is 11.4 Å². The van der Waals surface area contributed by atoms with Gasteiger partial charge in [-0.15, -0.1) is 0 Å². The molecule has 7 nitrogen and oxygen atoms in total. The Kier molecular flexibility index (Phi) is 5.43. The molecule has 0 spiro atoms. The molecule has 0 unspecified atom stereocenters. The Balaban J connectivity index is 1.36. The molecule has 30 heavy (non-hydrogen) atoms. The molecule has 2 aromatic carbocycles. The number of nitrogens with one attached hydrogen (secondary N) is 1. The predicted octanol–water partition coefficient (Wildman–Crippen LogP) is 3.84. The summed E-state index contributed by atoms with van der Waals surface area (Å²) in [6.07, 6.45) is 0. The lowest BCUT2D eigenvalue weighted by atomic mass is 10.1. The number of hydrogen-bond donors (Lipinski definition) is 1. The summed E-state index contributed by atoms with van der Waals surface area (Å²) >= 11 is 0. The fraction of sp³-hybridized carbons (Fsp3) is 0.217. The van der Waals surface area contributed by atoms with E-state index in [2.05, 4.69) is 20.6 Å². The normalized spacial score (nSPS) is 10.9. The van der Waals surface area contributed by atoms with Crippen molar-refractivity contribution in [3.8, 4) is 11.4 Å². The lowest BCUT2D eigenvalue weighted by molar-refractivity contribution is 0.0946. The van der Waals surface area contributed by atoms with Crippen molar-refractivity contribution in [1.29, 1.82) is 0 Å². The lowest BCUT2D eigenvalue weighted by Crippen LogP contribution is -2.23. The van der Waals surface area contributed by atoms with E-state index in [1.807, 2.05) is 80.1 Å². The number of amides is 1. The van der Waals surface area contributed by atoms with E-state index in [1.54, 1.807) is 0 Å². The van der Waals surface area contributed by atoms with Gasteiger partial charge in [0.2, 0.25) is 11.7 Å². The van der Waals surface area contributed by atoms with Crippen LogP contribution in [0.4, 0.5) is 0 Å². The monoisotopic (exact) mass is 401 g/mol. The lowest BCUT2D eigenvalue weighted by Gasteiger charge is -2.06. The summed E-state index contributed by atoms with van der Waals surface area (Å²) in [7, 11) is 0. The van der Waals surface area contributed by atoms with Crippen molar-refractivity contribution >= 4 is 5.91 Å². The van der Waals surface area contributed by atoms with E-state index in [0.717, 1.165) is 28.1 Å². The number of nitrogens with zero attached hydrogens (tertiary/aromatic N) is 4. The van der Waals surface area contributed by atoms with Crippen LogP contribution >= 0.6 is 0 Å². The first-order valence-electron chi connectivity index (χ1n) is 9.76. The van der Waals surface area contributed by atoms with Gasteiger partial charge in [0.15, 0.2) is 0 Å². The van der Waals surface area contributed by atoms with Crippen LogP contribution in [0.15, 0.2) is 59.1 Å². The van der Waals surface area contributed by atoms with Gasteiger partial charge in [0, 0.05) is 16.8 Å². The zero-order valence-corrected chi connectivity index (χ0v) is 17.2. The molecule has 0 saturated heterocycles. The summed E-state index contributed by atoms with van der Waals surface area (Å²) in [5.74, 6) is 0.681. The second-order valence-corrected chi connectivity index (χ2v) is 7.35. The highest BCUT2D eigenvalue weighted by Crippen LogP contribution is 2.17. The van der Waals surface area contributed by atoms with Crippen LogP contribution in [0.5, 0.6) is 0 Å². The van der Waals surface area contributed by atoms with E-state index in [9.17, 15) is 4.79 Å². The minimum Gasteiger partial charge on any atom is -0.343 e. The molecular weight excluding hydrogens is 378 g/mol. The van der Waals surface area contributed by atoms with E-state index in [-0.39, 0.29) is 12.5 Å². The zero-order valence-electron chi connectivity index (χ0n) is 17.2. The van der Waals surface area contributed by atoms with Gasteiger partial charge in [-0.2, -0.15) is 10.1 Å². The summed E-state index contributed by atoms with van der Waals surface area (Å²) in [5.41, 5.74) is 5.76. The summed E-state index contributed by atoms with van der Waals surface area (Å²) in [5, 5.41) is 11.3. The predicted molar refractivity (Wildman–Crippen MR) is 113 cm³/mol. The maximum atomic E-state index is 12.4. The first-order valence-corrected chi connectivity index (χ1v) is 9.76.